The molecule has 198 valence electrons. The van der Waals surface area contributed by atoms with E-state index in [9.17, 15) is 26.4 Å². The molecule has 1 saturated heterocycles. The number of benzene rings is 2. The van der Waals surface area contributed by atoms with Crippen LogP contribution in [0.1, 0.15) is 16.9 Å². The summed E-state index contributed by atoms with van der Waals surface area (Å²) in [4.78, 5) is 24.3. The maximum Gasteiger partial charge on any atom is 0.490 e. The number of amides is 1. The lowest BCUT2D eigenvalue weighted by Gasteiger charge is -2.28. The fourth-order valence-corrected chi connectivity index (χ4v) is 5.76. The zero-order valence-electron chi connectivity index (χ0n) is 19.4. The van der Waals surface area contributed by atoms with Crippen molar-refractivity contribution in [3.8, 4) is 0 Å². The van der Waals surface area contributed by atoms with Crippen LogP contribution in [0.4, 0.5) is 18.9 Å². The van der Waals surface area contributed by atoms with Crippen molar-refractivity contribution >= 4 is 55.5 Å². The number of nitrogen functional groups attached to an aromatic ring is 1. The smallest absolute Gasteiger partial charge is 0.475 e. The Balaban J connectivity index is 0.000000479. The molecule has 1 atom stereocenters. The lowest BCUT2D eigenvalue weighted by Crippen LogP contribution is -2.45. The molecule has 1 unspecified atom stereocenters. The van der Waals surface area contributed by atoms with E-state index in [4.69, 9.17) is 21.0 Å². The first kappa shape index (κ1) is 27.9. The molecule has 2 aromatic carbocycles. The van der Waals surface area contributed by atoms with Crippen LogP contribution in [0, 0.1) is 5.41 Å². The van der Waals surface area contributed by atoms with Gasteiger partial charge in [0.1, 0.15) is 11.9 Å². The fraction of sp³-hybridized carbons (Fsp3) is 0.261. The van der Waals surface area contributed by atoms with Crippen LogP contribution in [0.5, 0.6) is 0 Å². The zero-order chi connectivity index (χ0) is 27.5. The molecule has 14 heteroatoms. The minimum absolute atomic E-state index is 0.00330. The molecule has 0 aliphatic carbocycles. The van der Waals surface area contributed by atoms with Crippen molar-refractivity contribution in [2.75, 3.05) is 17.1 Å². The van der Waals surface area contributed by atoms with Gasteiger partial charge in [0.25, 0.3) is 0 Å². The highest BCUT2D eigenvalue weighted by Crippen LogP contribution is 2.30. The highest BCUT2D eigenvalue weighted by molar-refractivity contribution is 7.92. The topological polar surface area (TPSA) is 145 Å². The number of halogens is 3. The molecule has 1 amide bonds. The lowest BCUT2D eigenvalue weighted by molar-refractivity contribution is -0.192. The van der Waals surface area contributed by atoms with Crippen molar-refractivity contribution in [1.29, 1.82) is 5.41 Å². The van der Waals surface area contributed by atoms with E-state index in [-0.39, 0.29) is 11.7 Å². The van der Waals surface area contributed by atoms with Gasteiger partial charge in [-0.3, -0.25) is 14.5 Å². The van der Waals surface area contributed by atoms with E-state index < -0.39 is 28.2 Å². The molecular weight excluding hydrogens is 533 g/mol. The number of nitrogens with zero attached hydrogens (tertiary/aromatic N) is 2. The van der Waals surface area contributed by atoms with Crippen molar-refractivity contribution in [3.63, 3.8) is 0 Å². The van der Waals surface area contributed by atoms with Crippen LogP contribution in [0.15, 0.2) is 53.9 Å². The summed E-state index contributed by atoms with van der Waals surface area (Å²) in [5.74, 6) is -2.98. The Bertz CT molecular complexity index is 1440. The summed E-state index contributed by atoms with van der Waals surface area (Å²) in [5.41, 5.74) is 6.89. The summed E-state index contributed by atoms with van der Waals surface area (Å²) in [6, 6.07) is 14.2. The summed E-state index contributed by atoms with van der Waals surface area (Å²) in [6.07, 6.45) is -3.53. The van der Waals surface area contributed by atoms with Crippen LogP contribution in [0.25, 0.3) is 10.8 Å². The minimum Gasteiger partial charge on any atom is -0.475 e. The summed E-state index contributed by atoms with van der Waals surface area (Å²) < 4.78 is 58.3. The van der Waals surface area contributed by atoms with Crippen LogP contribution in [0.2, 0.25) is 0 Å². The van der Waals surface area contributed by atoms with Gasteiger partial charge >= 0.3 is 12.1 Å². The number of anilines is 1. The number of sulfonamides is 1. The fourth-order valence-electron chi connectivity index (χ4n) is 3.83. The number of carboxylic acids is 1. The van der Waals surface area contributed by atoms with Crippen LogP contribution < -0.4 is 10.0 Å². The molecule has 2 heterocycles. The molecule has 4 rings (SSSR count). The molecule has 0 saturated carbocycles. The van der Waals surface area contributed by atoms with E-state index in [1.54, 1.807) is 17.0 Å². The van der Waals surface area contributed by atoms with Crippen LogP contribution in [-0.2, 0) is 26.2 Å². The normalized spacial score (nSPS) is 15.8. The molecule has 0 spiro atoms. The molecule has 0 radical (unpaired) electrons. The van der Waals surface area contributed by atoms with Crippen molar-refractivity contribution in [3.05, 3.63) is 64.4 Å². The average molecular weight is 557 g/mol. The maximum absolute atomic E-state index is 13.1. The SMILES string of the molecule is CS(=O)(=O)N(c1ccc2ccccc2c1)C1CCN(Cc2csc(C(=N)N)c2)C1=O.O=C(O)C(F)(F)F. The van der Waals surface area contributed by atoms with Gasteiger partial charge in [0, 0.05) is 13.1 Å². The van der Waals surface area contributed by atoms with Gasteiger partial charge in [-0.25, -0.2) is 13.2 Å². The average Bonchev–Trinajstić information content (AvgIpc) is 3.41. The quantitative estimate of drug-likeness (QED) is 0.314. The van der Waals surface area contributed by atoms with Crippen LogP contribution in [0.3, 0.4) is 0 Å². The third-order valence-corrected chi connectivity index (χ3v) is 7.62. The number of nitrogens with one attached hydrogen (secondary N) is 1. The number of carbonyl (C=O) groups excluding carboxylic acids is 1. The number of carboxylic acid groups (broad SMARTS) is 1. The van der Waals surface area contributed by atoms with Gasteiger partial charge in [0.2, 0.25) is 15.9 Å². The number of fused-ring (bicyclic) bond motifs is 1. The van der Waals surface area contributed by atoms with Gasteiger partial charge in [-0.05, 0) is 46.3 Å². The van der Waals surface area contributed by atoms with E-state index in [1.165, 1.54) is 15.6 Å². The second kappa shape index (κ2) is 10.8. The molecule has 1 aliphatic rings. The summed E-state index contributed by atoms with van der Waals surface area (Å²) >= 11 is 1.36. The number of rotatable bonds is 6. The highest BCUT2D eigenvalue weighted by atomic mass is 32.2. The Morgan fingerprint density at radius 1 is 1.22 bits per heavy atom. The number of likely N-dealkylation sites (tertiary alicyclic amines) is 1. The standard InChI is InChI=1S/C21H22N4O3S2.C2HF3O2/c1-30(27,28)25(17-7-6-15-4-2-3-5-16(15)11-17)18-8-9-24(21(18)26)12-14-10-19(20(22)23)29-13-14;3-2(4,5)1(6)7/h2-7,10-11,13,18H,8-9,12H2,1H3,(H3,22,23);(H,6,7). The van der Waals surface area contributed by atoms with E-state index in [0.717, 1.165) is 22.6 Å². The number of thiophene rings is 1. The molecule has 1 aromatic heterocycles. The predicted molar refractivity (Wildman–Crippen MR) is 134 cm³/mol. The van der Waals surface area contributed by atoms with Crippen molar-refractivity contribution in [2.45, 2.75) is 25.2 Å². The van der Waals surface area contributed by atoms with E-state index >= 15 is 0 Å². The zero-order valence-corrected chi connectivity index (χ0v) is 21.0. The monoisotopic (exact) mass is 556 g/mol. The molecule has 1 aliphatic heterocycles. The summed E-state index contributed by atoms with van der Waals surface area (Å²) in [7, 11) is -3.66. The molecule has 0 bridgehead atoms. The first-order valence-corrected chi connectivity index (χ1v) is 13.4. The third kappa shape index (κ3) is 6.77. The number of hydrogen-bond acceptors (Lipinski definition) is 6. The Labute approximate surface area is 214 Å². The van der Waals surface area contributed by atoms with Gasteiger partial charge in [0.05, 0.1) is 16.8 Å². The minimum atomic E-state index is -5.08. The first-order chi connectivity index (χ1) is 17.2. The van der Waals surface area contributed by atoms with Crippen molar-refractivity contribution in [1.82, 2.24) is 4.90 Å². The highest BCUT2D eigenvalue weighted by Gasteiger charge is 2.40. The predicted octanol–water partition coefficient (Wildman–Crippen LogP) is 3.39. The summed E-state index contributed by atoms with van der Waals surface area (Å²) in [5, 5.41) is 18.4. The number of alkyl halides is 3. The summed E-state index contributed by atoms with van der Waals surface area (Å²) in [6.45, 7) is 0.836. The number of nitrogens with two attached hydrogens (primary N) is 1. The van der Waals surface area contributed by atoms with Crippen molar-refractivity contribution < 1.29 is 36.3 Å². The Kier molecular flexibility index (Phi) is 8.12. The van der Waals surface area contributed by atoms with Gasteiger partial charge < -0.3 is 15.7 Å². The van der Waals surface area contributed by atoms with Crippen molar-refractivity contribution in [2.24, 2.45) is 5.73 Å². The van der Waals surface area contributed by atoms with Crippen LogP contribution in [-0.4, -0.2) is 61.2 Å². The number of aliphatic carboxylic acids is 1. The van der Waals surface area contributed by atoms with Crippen LogP contribution >= 0.6 is 11.3 Å². The first-order valence-electron chi connectivity index (χ1n) is 10.7. The second-order valence-corrected chi connectivity index (χ2v) is 11.0. The lowest BCUT2D eigenvalue weighted by atomic mass is 10.1. The third-order valence-electron chi connectivity index (χ3n) is 5.43. The van der Waals surface area contributed by atoms with E-state index in [1.807, 2.05) is 41.8 Å². The molecular formula is C23H23F3N4O5S2. The van der Waals surface area contributed by atoms with E-state index in [0.29, 0.717) is 30.1 Å². The Hall–Kier alpha value is -3.65. The van der Waals surface area contributed by atoms with Gasteiger partial charge in [-0.15, -0.1) is 11.3 Å². The maximum atomic E-state index is 13.1. The number of amidine groups is 1. The Morgan fingerprint density at radius 3 is 2.38 bits per heavy atom. The molecule has 4 N–H and O–H groups in total. The molecule has 1 fully saturated rings. The molecule has 3 aromatic rings. The molecule has 9 nitrogen and oxygen atoms in total. The number of hydrogen-bond donors (Lipinski definition) is 3. The second-order valence-electron chi connectivity index (χ2n) is 8.19. The largest absolute Gasteiger partial charge is 0.490 e. The van der Waals surface area contributed by atoms with Gasteiger partial charge in [0.15, 0.2) is 0 Å². The Morgan fingerprint density at radius 2 is 1.84 bits per heavy atom. The van der Waals surface area contributed by atoms with Gasteiger partial charge in [-0.1, -0.05) is 30.3 Å². The number of carbonyl (C=O) groups is 2. The van der Waals surface area contributed by atoms with Gasteiger partial charge in [-0.2, -0.15) is 13.2 Å². The molecule has 37 heavy (non-hydrogen) atoms. The van der Waals surface area contributed by atoms with E-state index in [2.05, 4.69) is 0 Å².